The summed E-state index contributed by atoms with van der Waals surface area (Å²) in [6.45, 7) is 2.05. The van der Waals surface area contributed by atoms with E-state index in [1.807, 2.05) is 19.1 Å². The molecule has 0 unspecified atom stereocenters. The maximum absolute atomic E-state index is 13.4. The van der Waals surface area contributed by atoms with Crippen LogP contribution in [0.1, 0.15) is 18.4 Å². The molecular formula is C13H13FN2S2. The van der Waals surface area contributed by atoms with Gasteiger partial charge >= 0.3 is 0 Å². The lowest BCUT2D eigenvalue weighted by Gasteiger charge is -2.05. The van der Waals surface area contributed by atoms with E-state index in [1.165, 1.54) is 17.8 Å². The van der Waals surface area contributed by atoms with Gasteiger partial charge in [0.1, 0.15) is 16.3 Å². The van der Waals surface area contributed by atoms with E-state index in [1.54, 1.807) is 12.1 Å². The van der Waals surface area contributed by atoms with Crippen molar-refractivity contribution in [2.45, 2.75) is 24.0 Å². The van der Waals surface area contributed by atoms with E-state index < -0.39 is 0 Å². The molecule has 0 saturated heterocycles. The summed E-state index contributed by atoms with van der Waals surface area (Å²) in [5.41, 5.74) is 1.05. The fraction of sp³-hybridized carbons (Fsp3) is 0.231. The second-order valence-corrected chi connectivity index (χ2v) is 5.20. The molecule has 0 aliphatic rings. The van der Waals surface area contributed by atoms with Crippen LogP contribution in [0.2, 0.25) is 0 Å². The van der Waals surface area contributed by atoms with Crippen molar-refractivity contribution in [3.05, 3.63) is 52.3 Å². The number of nitrogens with zero attached hydrogens (tertiary/aromatic N) is 1. The van der Waals surface area contributed by atoms with Gasteiger partial charge in [0.05, 0.1) is 5.75 Å². The Morgan fingerprint density at radius 2 is 2.17 bits per heavy atom. The molecule has 0 spiro atoms. The summed E-state index contributed by atoms with van der Waals surface area (Å²) in [5, 5.41) is 0. The molecule has 2 nitrogen and oxygen atoms in total. The average molecular weight is 280 g/mol. The molecule has 5 heteroatoms. The van der Waals surface area contributed by atoms with Gasteiger partial charge in [-0.1, -0.05) is 31.3 Å². The Labute approximate surface area is 115 Å². The molecule has 0 aliphatic heterocycles. The fourth-order valence-electron chi connectivity index (χ4n) is 1.53. The Bertz CT molecular complexity index is 596. The van der Waals surface area contributed by atoms with Crippen LogP contribution in [0.15, 0.2) is 35.2 Å². The number of aryl methyl sites for hydroxylation is 1. The van der Waals surface area contributed by atoms with Gasteiger partial charge in [-0.05, 0) is 24.6 Å². The minimum atomic E-state index is -0.201. The lowest BCUT2D eigenvalue weighted by atomic mass is 10.3. The number of aromatic nitrogens is 2. The summed E-state index contributed by atoms with van der Waals surface area (Å²) in [7, 11) is 0. The van der Waals surface area contributed by atoms with Crippen LogP contribution in [0.3, 0.4) is 0 Å². The van der Waals surface area contributed by atoms with Gasteiger partial charge < -0.3 is 4.98 Å². The highest BCUT2D eigenvalue weighted by molar-refractivity contribution is 7.98. The normalized spacial score (nSPS) is 10.6. The van der Waals surface area contributed by atoms with Gasteiger partial charge in [-0.2, -0.15) is 0 Å². The van der Waals surface area contributed by atoms with Crippen molar-refractivity contribution in [3.63, 3.8) is 0 Å². The summed E-state index contributed by atoms with van der Waals surface area (Å²) < 4.78 is 14.0. The molecule has 0 atom stereocenters. The third-order valence-corrected chi connectivity index (χ3v) is 3.70. The van der Waals surface area contributed by atoms with Crippen molar-refractivity contribution in [3.8, 4) is 0 Å². The Morgan fingerprint density at radius 3 is 2.89 bits per heavy atom. The first-order valence-electron chi connectivity index (χ1n) is 5.65. The predicted molar refractivity (Wildman–Crippen MR) is 74.8 cm³/mol. The van der Waals surface area contributed by atoms with Crippen LogP contribution in [0, 0.1) is 10.5 Å². The number of H-pyrrole nitrogens is 1. The van der Waals surface area contributed by atoms with Gasteiger partial charge in [-0.15, -0.1) is 11.8 Å². The smallest absolute Gasteiger partial charge is 0.136 e. The summed E-state index contributed by atoms with van der Waals surface area (Å²) in [6, 6.07) is 8.58. The van der Waals surface area contributed by atoms with Crippen molar-refractivity contribution in [1.82, 2.24) is 9.97 Å². The second kappa shape index (κ2) is 6.11. The first-order chi connectivity index (χ1) is 8.69. The van der Waals surface area contributed by atoms with Crippen LogP contribution in [-0.2, 0) is 12.2 Å². The van der Waals surface area contributed by atoms with E-state index in [4.69, 9.17) is 12.2 Å². The molecule has 0 fully saturated rings. The Hall–Kier alpha value is -1.20. The molecule has 1 aromatic carbocycles. The van der Waals surface area contributed by atoms with Gasteiger partial charge in [-0.3, -0.25) is 0 Å². The van der Waals surface area contributed by atoms with Crippen molar-refractivity contribution in [2.24, 2.45) is 0 Å². The van der Waals surface area contributed by atoms with Gasteiger partial charge in [0, 0.05) is 10.6 Å². The molecule has 1 N–H and O–H groups in total. The molecular weight excluding hydrogens is 267 g/mol. The molecule has 0 aliphatic carbocycles. The molecule has 0 saturated carbocycles. The van der Waals surface area contributed by atoms with E-state index in [0.717, 1.165) is 17.9 Å². The zero-order valence-corrected chi connectivity index (χ0v) is 11.6. The van der Waals surface area contributed by atoms with Gasteiger partial charge in [0.2, 0.25) is 0 Å². The largest absolute Gasteiger partial charge is 0.346 e. The van der Waals surface area contributed by atoms with Crippen molar-refractivity contribution < 1.29 is 4.39 Å². The molecule has 0 amide bonds. The topological polar surface area (TPSA) is 28.7 Å². The highest BCUT2D eigenvalue weighted by atomic mass is 32.2. The highest BCUT2D eigenvalue weighted by Crippen LogP contribution is 2.23. The maximum atomic E-state index is 13.4. The van der Waals surface area contributed by atoms with Crippen molar-refractivity contribution in [1.29, 1.82) is 0 Å². The van der Waals surface area contributed by atoms with E-state index in [-0.39, 0.29) is 5.82 Å². The molecule has 1 heterocycles. The van der Waals surface area contributed by atoms with Crippen molar-refractivity contribution in [2.75, 3.05) is 0 Å². The zero-order chi connectivity index (χ0) is 13.0. The summed E-state index contributed by atoms with van der Waals surface area (Å²) >= 11 is 6.51. The van der Waals surface area contributed by atoms with Crippen LogP contribution in [0.4, 0.5) is 4.39 Å². The molecule has 0 radical (unpaired) electrons. The molecule has 94 valence electrons. The van der Waals surface area contributed by atoms with Crippen LogP contribution >= 0.6 is 24.0 Å². The SMILES string of the molecule is CCc1cc(=S)nc(CSc2ccccc2F)[nH]1. The fourth-order valence-corrected chi connectivity index (χ4v) is 2.59. The monoisotopic (exact) mass is 280 g/mol. The quantitative estimate of drug-likeness (QED) is 0.674. The average Bonchev–Trinajstić information content (AvgIpc) is 2.37. The Balaban J connectivity index is 2.13. The maximum Gasteiger partial charge on any atom is 0.136 e. The number of hydrogen-bond acceptors (Lipinski definition) is 3. The number of rotatable bonds is 4. The van der Waals surface area contributed by atoms with E-state index in [0.29, 0.717) is 15.3 Å². The molecule has 18 heavy (non-hydrogen) atoms. The lowest BCUT2D eigenvalue weighted by molar-refractivity contribution is 0.602. The van der Waals surface area contributed by atoms with Gasteiger partial charge in [0.15, 0.2) is 0 Å². The first-order valence-corrected chi connectivity index (χ1v) is 7.05. The highest BCUT2D eigenvalue weighted by Gasteiger charge is 2.04. The lowest BCUT2D eigenvalue weighted by Crippen LogP contribution is -1.97. The molecule has 2 aromatic rings. The molecule has 0 bridgehead atoms. The van der Waals surface area contributed by atoms with Crippen molar-refractivity contribution >= 4 is 24.0 Å². The van der Waals surface area contributed by atoms with Crippen LogP contribution in [-0.4, -0.2) is 9.97 Å². The van der Waals surface area contributed by atoms with Crippen LogP contribution in [0.5, 0.6) is 0 Å². The number of hydrogen-bond donors (Lipinski definition) is 1. The molecule has 1 aromatic heterocycles. The standard InChI is InChI=1S/C13H13FN2S2/c1-2-9-7-13(17)16-12(15-9)8-18-11-6-4-3-5-10(11)14/h3-7H,2,8H2,1H3,(H,15,16,17). The number of nitrogens with one attached hydrogen (secondary N) is 1. The second-order valence-electron chi connectivity index (χ2n) is 3.76. The van der Waals surface area contributed by atoms with E-state index in [9.17, 15) is 4.39 Å². The van der Waals surface area contributed by atoms with Crippen LogP contribution in [0.25, 0.3) is 0 Å². The first kappa shape index (κ1) is 13.2. The minimum Gasteiger partial charge on any atom is -0.346 e. The third kappa shape index (κ3) is 3.40. The Kier molecular flexibility index (Phi) is 4.49. The predicted octanol–water partition coefficient (Wildman–Crippen LogP) is 4.13. The number of aromatic amines is 1. The van der Waals surface area contributed by atoms with Gasteiger partial charge in [-0.25, -0.2) is 9.37 Å². The summed E-state index contributed by atoms with van der Waals surface area (Å²) in [5.74, 6) is 1.17. The molecule has 2 rings (SSSR count). The number of thioether (sulfide) groups is 1. The summed E-state index contributed by atoms with van der Waals surface area (Å²) in [4.78, 5) is 8.07. The summed E-state index contributed by atoms with van der Waals surface area (Å²) in [6.07, 6.45) is 0.878. The minimum absolute atomic E-state index is 0.201. The third-order valence-electron chi connectivity index (χ3n) is 2.43. The van der Waals surface area contributed by atoms with Crippen LogP contribution < -0.4 is 0 Å². The number of halogens is 1. The zero-order valence-electron chi connectivity index (χ0n) is 9.94. The van der Waals surface area contributed by atoms with E-state index >= 15 is 0 Å². The van der Waals surface area contributed by atoms with E-state index in [2.05, 4.69) is 9.97 Å². The number of benzene rings is 1. The van der Waals surface area contributed by atoms with Gasteiger partial charge in [0.25, 0.3) is 0 Å². The Morgan fingerprint density at radius 1 is 1.39 bits per heavy atom.